The largest absolute Gasteiger partial charge is 0.304 e. The summed E-state index contributed by atoms with van der Waals surface area (Å²) in [5.41, 5.74) is 0. The SMILES string of the molecule is CC(C)NC(C(=O)C(C)C)C(C)(C)SC(C)C.[HH]. The van der Waals surface area contributed by atoms with Crippen molar-refractivity contribution < 1.29 is 6.22 Å². The number of Topliss-reactive ketones (excluding diaryl/α,β-unsaturated/α-hetero) is 1. The van der Waals surface area contributed by atoms with Crippen molar-refractivity contribution in [1.29, 1.82) is 0 Å². The van der Waals surface area contributed by atoms with E-state index in [4.69, 9.17) is 0 Å². The lowest BCUT2D eigenvalue weighted by Gasteiger charge is -2.37. The van der Waals surface area contributed by atoms with Crippen molar-refractivity contribution in [3.05, 3.63) is 0 Å². The van der Waals surface area contributed by atoms with E-state index in [-0.39, 0.29) is 18.1 Å². The molecule has 0 radical (unpaired) electrons. The molecule has 0 saturated carbocycles. The summed E-state index contributed by atoms with van der Waals surface area (Å²) in [6, 6.07) is 0.254. The molecule has 1 N–H and O–H groups in total. The van der Waals surface area contributed by atoms with Gasteiger partial charge >= 0.3 is 0 Å². The predicted octanol–water partition coefficient (Wildman–Crippen LogP) is 3.74. The van der Waals surface area contributed by atoms with Gasteiger partial charge in [0, 0.05) is 18.1 Å². The lowest BCUT2D eigenvalue weighted by molar-refractivity contribution is -0.124. The van der Waals surface area contributed by atoms with Crippen molar-refractivity contribution in [3.63, 3.8) is 0 Å². The Morgan fingerprint density at radius 3 is 1.88 bits per heavy atom. The summed E-state index contributed by atoms with van der Waals surface area (Å²) in [5, 5.41) is 3.97. The molecule has 17 heavy (non-hydrogen) atoms. The first-order valence-corrected chi connectivity index (χ1v) is 7.43. The van der Waals surface area contributed by atoms with Crippen LogP contribution in [0, 0.1) is 5.92 Å². The highest BCUT2D eigenvalue weighted by Gasteiger charge is 2.37. The highest BCUT2D eigenvalue weighted by molar-refractivity contribution is 8.01. The second-order valence-electron chi connectivity index (χ2n) is 6.08. The van der Waals surface area contributed by atoms with E-state index in [1.807, 2.05) is 25.6 Å². The first-order chi connectivity index (χ1) is 7.58. The van der Waals surface area contributed by atoms with Gasteiger partial charge in [0.25, 0.3) is 0 Å². The van der Waals surface area contributed by atoms with Crippen LogP contribution in [0.1, 0.15) is 56.8 Å². The molecule has 0 aliphatic carbocycles. The highest BCUT2D eigenvalue weighted by atomic mass is 32.2. The molecule has 104 valence electrons. The van der Waals surface area contributed by atoms with Crippen molar-refractivity contribution in [2.75, 3.05) is 0 Å². The molecule has 0 amide bonds. The van der Waals surface area contributed by atoms with E-state index in [1.54, 1.807) is 0 Å². The van der Waals surface area contributed by atoms with Gasteiger partial charge in [-0.2, -0.15) is 11.8 Å². The van der Waals surface area contributed by atoms with Crippen LogP contribution in [0.2, 0.25) is 0 Å². The minimum atomic E-state index is -0.0742. The summed E-state index contributed by atoms with van der Waals surface area (Å²) < 4.78 is -0.0697. The zero-order chi connectivity index (χ0) is 13.8. The van der Waals surface area contributed by atoms with E-state index in [0.717, 1.165) is 0 Å². The predicted molar refractivity (Wildman–Crippen MR) is 80.8 cm³/mol. The summed E-state index contributed by atoms with van der Waals surface area (Å²) >= 11 is 1.87. The summed E-state index contributed by atoms with van der Waals surface area (Å²) in [6.45, 7) is 16.8. The molecule has 0 aromatic heterocycles. The third-order valence-corrected chi connectivity index (χ3v) is 3.90. The number of hydrogen-bond donors (Lipinski definition) is 1. The second kappa shape index (κ2) is 6.79. The Morgan fingerprint density at radius 2 is 1.59 bits per heavy atom. The molecule has 2 nitrogen and oxygen atoms in total. The summed E-state index contributed by atoms with van der Waals surface area (Å²) in [6.07, 6.45) is 0. The van der Waals surface area contributed by atoms with Crippen LogP contribution in [0.15, 0.2) is 0 Å². The molecule has 0 bridgehead atoms. The number of nitrogens with one attached hydrogen (secondary N) is 1. The van der Waals surface area contributed by atoms with Crippen LogP contribution in [0.5, 0.6) is 0 Å². The second-order valence-corrected chi connectivity index (χ2v) is 8.31. The van der Waals surface area contributed by atoms with Gasteiger partial charge in [0.1, 0.15) is 0 Å². The number of thioether (sulfide) groups is 1. The standard InChI is InChI=1S/C14H29NOS.H2/c1-9(2)12(16)13(15-10(3)4)14(7,8)17-11(5)6;/h9-11,13,15H,1-8H3;1H. The fourth-order valence-corrected chi connectivity index (χ4v) is 3.50. The minimum Gasteiger partial charge on any atom is -0.304 e. The van der Waals surface area contributed by atoms with E-state index in [0.29, 0.717) is 17.1 Å². The van der Waals surface area contributed by atoms with Crippen LogP contribution in [-0.2, 0) is 4.79 Å². The Hall–Kier alpha value is -0.0200. The van der Waals surface area contributed by atoms with Crippen molar-refractivity contribution in [2.45, 2.75) is 77.5 Å². The van der Waals surface area contributed by atoms with Crippen LogP contribution < -0.4 is 5.32 Å². The van der Waals surface area contributed by atoms with Gasteiger partial charge < -0.3 is 5.32 Å². The van der Waals surface area contributed by atoms with Gasteiger partial charge in [-0.05, 0) is 19.1 Å². The number of carbonyl (C=O) groups is 1. The highest BCUT2D eigenvalue weighted by Crippen LogP contribution is 2.33. The Bertz CT molecular complexity index is 252. The van der Waals surface area contributed by atoms with E-state index in [2.05, 4.69) is 46.9 Å². The molecule has 0 rings (SSSR count). The molecule has 0 heterocycles. The molecule has 0 saturated heterocycles. The molecular formula is C14H31NOS. The number of carbonyl (C=O) groups excluding carboxylic acids is 1. The molecule has 3 heteroatoms. The van der Waals surface area contributed by atoms with E-state index >= 15 is 0 Å². The Kier molecular flexibility index (Phi) is 6.78. The van der Waals surface area contributed by atoms with Crippen molar-refractivity contribution in [3.8, 4) is 0 Å². The van der Waals surface area contributed by atoms with E-state index in [1.165, 1.54) is 0 Å². The number of ketones is 1. The maximum absolute atomic E-state index is 12.3. The lowest BCUT2D eigenvalue weighted by Crippen LogP contribution is -2.54. The molecule has 0 aliphatic rings. The lowest BCUT2D eigenvalue weighted by atomic mass is 9.91. The van der Waals surface area contributed by atoms with E-state index in [9.17, 15) is 4.79 Å². The summed E-state index contributed by atoms with van der Waals surface area (Å²) in [5.74, 6) is 0.398. The molecular weight excluding hydrogens is 230 g/mol. The maximum atomic E-state index is 12.3. The Labute approximate surface area is 113 Å². The van der Waals surface area contributed by atoms with Gasteiger partial charge in [0.05, 0.1) is 6.04 Å². The number of rotatable bonds is 7. The molecule has 0 aromatic rings. The molecule has 1 unspecified atom stereocenters. The van der Waals surface area contributed by atoms with Crippen molar-refractivity contribution in [2.24, 2.45) is 5.92 Å². The third-order valence-electron chi connectivity index (χ3n) is 2.59. The fourth-order valence-electron chi connectivity index (χ4n) is 1.97. The van der Waals surface area contributed by atoms with Crippen molar-refractivity contribution >= 4 is 17.5 Å². The summed E-state index contributed by atoms with van der Waals surface area (Å²) in [4.78, 5) is 12.3. The zero-order valence-electron chi connectivity index (χ0n) is 12.6. The average Bonchev–Trinajstić information content (AvgIpc) is 2.10. The number of hydrogen-bond acceptors (Lipinski definition) is 3. The van der Waals surface area contributed by atoms with Crippen LogP contribution >= 0.6 is 11.8 Å². The maximum Gasteiger partial charge on any atom is 0.153 e. The van der Waals surface area contributed by atoms with Crippen LogP contribution in [-0.4, -0.2) is 27.9 Å². The fraction of sp³-hybridized carbons (Fsp3) is 0.929. The van der Waals surface area contributed by atoms with E-state index < -0.39 is 0 Å². The molecule has 0 spiro atoms. The smallest absolute Gasteiger partial charge is 0.153 e. The molecule has 0 aromatic carbocycles. The average molecular weight is 261 g/mol. The Balaban J connectivity index is 0. The van der Waals surface area contributed by atoms with Gasteiger partial charge in [-0.1, -0.05) is 41.5 Å². The quantitative estimate of drug-likeness (QED) is 0.757. The minimum absolute atomic E-state index is 0. The van der Waals surface area contributed by atoms with Crippen molar-refractivity contribution in [1.82, 2.24) is 5.32 Å². The molecule has 1 atom stereocenters. The Morgan fingerprint density at radius 1 is 1.12 bits per heavy atom. The summed E-state index contributed by atoms with van der Waals surface area (Å²) in [7, 11) is 0. The van der Waals surface area contributed by atoms with Gasteiger partial charge in [0.15, 0.2) is 5.78 Å². The topological polar surface area (TPSA) is 29.1 Å². The van der Waals surface area contributed by atoms with Gasteiger partial charge in [-0.25, -0.2) is 0 Å². The third kappa shape index (κ3) is 5.91. The van der Waals surface area contributed by atoms with Crippen LogP contribution in [0.4, 0.5) is 0 Å². The van der Waals surface area contributed by atoms with Crippen LogP contribution in [0.3, 0.4) is 0 Å². The van der Waals surface area contributed by atoms with Gasteiger partial charge in [-0.3, -0.25) is 4.79 Å². The first kappa shape index (κ1) is 17.0. The van der Waals surface area contributed by atoms with Gasteiger partial charge in [0.2, 0.25) is 0 Å². The van der Waals surface area contributed by atoms with Crippen LogP contribution in [0.25, 0.3) is 0 Å². The molecule has 0 fully saturated rings. The van der Waals surface area contributed by atoms with Gasteiger partial charge in [-0.15, -0.1) is 0 Å². The first-order valence-electron chi connectivity index (χ1n) is 6.55. The zero-order valence-corrected chi connectivity index (χ0v) is 13.4. The normalized spacial score (nSPS) is 14.8. The monoisotopic (exact) mass is 261 g/mol. The molecule has 0 aliphatic heterocycles.